The molecule has 6 heteroatoms. The van der Waals surface area contributed by atoms with Crippen molar-refractivity contribution in [2.45, 2.75) is 6.42 Å². The summed E-state index contributed by atoms with van der Waals surface area (Å²) in [6.07, 6.45) is 0.318. The van der Waals surface area contributed by atoms with Gasteiger partial charge in [-0.15, -0.1) is 0 Å². The molecule has 0 saturated carbocycles. The van der Waals surface area contributed by atoms with Crippen LogP contribution in [0.25, 0.3) is 0 Å². The van der Waals surface area contributed by atoms with Crippen LogP contribution in [-0.4, -0.2) is 54.8 Å². The van der Waals surface area contributed by atoms with Gasteiger partial charge in [-0.05, 0) is 13.0 Å². The minimum atomic E-state index is -3.77. The molecule has 0 aromatic rings. The largest absolute Gasteiger partial charge is 0.330 e. The van der Waals surface area contributed by atoms with Gasteiger partial charge in [0.05, 0.1) is 5.75 Å². The maximum atomic E-state index is 9.89. The van der Waals surface area contributed by atoms with E-state index in [0.717, 1.165) is 0 Å². The molecule has 9 heavy (non-hydrogen) atoms. The molecule has 0 aliphatic rings. The van der Waals surface area contributed by atoms with Crippen LogP contribution in [0, 0.1) is 0 Å². The Kier molecular flexibility index (Phi) is 7.86. The van der Waals surface area contributed by atoms with E-state index in [2.05, 4.69) is 0 Å². The molecule has 3 N–H and O–H groups in total. The van der Waals surface area contributed by atoms with Gasteiger partial charge in [-0.25, -0.2) is 0 Å². The second-order valence-electron chi connectivity index (χ2n) is 1.43. The molecule has 0 rings (SSSR count). The van der Waals surface area contributed by atoms with Crippen molar-refractivity contribution in [3.8, 4) is 0 Å². The van der Waals surface area contributed by atoms with Gasteiger partial charge >= 0.3 is 0 Å². The molecule has 51 valence electrons. The molecule has 0 aliphatic heterocycles. The van der Waals surface area contributed by atoms with Gasteiger partial charge < -0.3 is 5.73 Å². The number of nitrogens with two attached hydrogens (primary N) is 1. The molecule has 0 heterocycles. The van der Waals surface area contributed by atoms with E-state index in [1.807, 2.05) is 0 Å². The molecule has 0 fully saturated rings. The minimum Gasteiger partial charge on any atom is -0.330 e. The normalized spacial score (nSPS) is 10.4. The average molecular weight is 162 g/mol. The fraction of sp³-hybridized carbons (Fsp3) is 1.00. The molecule has 0 aliphatic carbocycles. The summed E-state index contributed by atoms with van der Waals surface area (Å²) in [5, 5.41) is 0. The predicted octanol–water partition coefficient (Wildman–Crippen LogP) is -1.16. The van der Waals surface area contributed by atoms with Crippen LogP contribution in [0.15, 0.2) is 0 Å². The fourth-order valence-corrected chi connectivity index (χ4v) is 0.797. The first-order valence-corrected chi connectivity index (χ1v) is 3.82. The fourth-order valence-electron chi connectivity index (χ4n) is 0.266. The van der Waals surface area contributed by atoms with Gasteiger partial charge in [0.2, 0.25) is 0 Å². The molecule has 0 aromatic heterocycles. The van der Waals surface area contributed by atoms with Crippen LogP contribution in [0.2, 0.25) is 0 Å². The molecule has 1 radical (unpaired) electrons. The van der Waals surface area contributed by atoms with Crippen LogP contribution in [0.1, 0.15) is 6.42 Å². The predicted molar refractivity (Wildman–Crippen MR) is 35.8 cm³/mol. The zero-order valence-electron chi connectivity index (χ0n) is 5.37. The molecular formula is C3H9NNaO3S. The van der Waals surface area contributed by atoms with Gasteiger partial charge in [0.25, 0.3) is 10.1 Å². The van der Waals surface area contributed by atoms with Crippen molar-refractivity contribution in [1.82, 2.24) is 0 Å². The van der Waals surface area contributed by atoms with E-state index in [4.69, 9.17) is 10.3 Å². The van der Waals surface area contributed by atoms with Crippen molar-refractivity contribution in [1.29, 1.82) is 0 Å². The van der Waals surface area contributed by atoms with Crippen LogP contribution >= 0.6 is 0 Å². The number of hydrogen-bond acceptors (Lipinski definition) is 3. The third-order valence-corrected chi connectivity index (χ3v) is 1.41. The van der Waals surface area contributed by atoms with Crippen LogP contribution < -0.4 is 5.73 Å². The molecule has 4 nitrogen and oxygen atoms in total. The molecule has 0 aromatic carbocycles. The summed E-state index contributed by atoms with van der Waals surface area (Å²) < 4.78 is 27.8. The third-order valence-electron chi connectivity index (χ3n) is 0.606. The van der Waals surface area contributed by atoms with Gasteiger partial charge in [0.15, 0.2) is 0 Å². The second kappa shape index (κ2) is 5.64. The van der Waals surface area contributed by atoms with E-state index in [0.29, 0.717) is 13.0 Å². The van der Waals surface area contributed by atoms with Crippen LogP contribution in [0.5, 0.6) is 0 Å². The van der Waals surface area contributed by atoms with Gasteiger partial charge in [-0.1, -0.05) is 0 Å². The molecule has 0 bridgehead atoms. The summed E-state index contributed by atoms with van der Waals surface area (Å²) in [7, 11) is -3.77. The topological polar surface area (TPSA) is 80.4 Å². The summed E-state index contributed by atoms with van der Waals surface area (Å²) in [5.74, 6) is -0.233. The van der Waals surface area contributed by atoms with Crippen molar-refractivity contribution in [3.63, 3.8) is 0 Å². The first kappa shape index (κ1) is 12.5. The summed E-state index contributed by atoms with van der Waals surface area (Å²) >= 11 is 0. The molecule has 0 atom stereocenters. The Bertz CT molecular complexity index is 143. The standard InChI is InChI=1S/C3H9NO3S.Na/c4-2-1-3-8(5,6)7;/h1-4H2,(H,5,6,7);. The first-order chi connectivity index (χ1) is 3.56. The summed E-state index contributed by atoms with van der Waals surface area (Å²) in [5.41, 5.74) is 4.96. The quantitative estimate of drug-likeness (QED) is 0.405. The van der Waals surface area contributed by atoms with E-state index in [1.165, 1.54) is 0 Å². The average Bonchev–Trinajstić information content (AvgIpc) is 1.59. The summed E-state index contributed by atoms with van der Waals surface area (Å²) in [6.45, 7) is 0.291. The maximum absolute atomic E-state index is 9.89. The summed E-state index contributed by atoms with van der Waals surface area (Å²) in [4.78, 5) is 0. The monoisotopic (exact) mass is 162 g/mol. The van der Waals surface area contributed by atoms with Crippen LogP contribution in [0.3, 0.4) is 0 Å². The van der Waals surface area contributed by atoms with Gasteiger partial charge in [-0.3, -0.25) is 4.55 Å². The molecule has 0 amide bonds. The minimum absolute atomic E-state index is 0. The molecule has 0 saturated heterocycles. The van der Waals surface area contributed by atoms with Gasteiger partial charge in [-0.2, -0.15) is 8.42 Å². The zero-order valence-corrected chi connectivity index (χ0v) is 8.19. The van der Waals surface area contributed by atoms with E-state index in [1.54, 1.807) is 0 Å². The van der Waals surface area contributed by atoms with Crippen molar-refractivity contribution < 1.29 is 13.0 Å². The van der Waals surface area contributed by atoms with Crippen molar-refractivity contribution in [2.75, 3.05) is 12.3 Å². The smallest absolute Gasteiger partial charge is 0.264 e. The van der Waals surface area contributed by atoms with Crippen LogP contribution in [0.4, 0.5) is 0 Å². The van der Waals surface area contributed by atoms with E-state index >= 15 is 0 Å². The Labute approximate surface area is 76.9 Å². The number of rotatable bonds is 3. The second-order valence-corrected chi connectivity index (χ2v) is 3.00. The van der Waals surface area contributed by atoms with E-state index in [-0.39, 0.29) is 35.3 Å². The maximum Gasteiger partial charge on any atom is 0.264 e. The van der Waals surface area contributed by atoms with E-state index in [9.17, 15) is 8.42 Å². The SMILES string of the molecule is NCCCS(=O)(=O)O.[Na]. The summed E-state index contributed by atoms with van der Waals surface area (Å²) in [6, 6.07) is 0. The Morgan fingerprint density at radius 2 is 1.89 bits per heavy atom. The Balaban J connectivity index is 0. The van der Waals surface area contributed by atoms with Gasteiger partial charge in [0.1, 0.15) is 0 Å². The third kappa shape index (κ3) is 12.1. The zero-order chi connectivity index (χ0) is 6.62. The van der Waals surface area contributed by atoms with Crippen LogP contribution in [-0.2, 0) is 10.1 Å². The molecule has 0 unspecified atom stereocenters. The Morgan fingerprint density at radius 1 is 1.44 bits per heavy atom. The van der Waals surface area contributed by atoms with E-state index < -0.39 is 10.1 Å². The Hall–Kier alpha value is 0.870. The molecular weight excluding hydrogens is 153 g/mol. The number of hydrogen-bond donors (Lipinski definition) is 2. The van der Waals surface area contributed by atoms with Crippen molar-refractivity contribution in [3.05, 3.63) is 0 Å². The van der Waals surface area contributed by atoms with Crippen molar-refractivity contribution in [2.24, 2.45) is 5.73 Å². The first-order valence-electron chi connectivity index (χ1n) is 2.21. The molecule has 0 spiro atoms. The van der Waals surface area contributed by atoms with Crippen molar-refractivity contribution >= 4 is 39.7 Å². The van der Waals surface area contributed by atoms with Gasteiger partial charge in [0, 0.05) is 29.6 Å². The Morgan fingerprint density at radius 3 is 2.00 bits per heavy atom.